The second kappa shape index (κ2) is 8.75. The third-order valence-electron chi connectivity index (χ3n) is 5.01. The van der Waals surface area contributed by atoms with Crippen molar-refractivity contribution in [2.24, 2.45) is 0 Å². The standard InChI is InChI=1S/C21H25N3O4S/c1-15-10-11-19(16(2)13-15)23-21(26)20(25)22-14-17-7-6-12-24(17)29(27,28)18-8-4-3-5-9-18/h3-5,8-11,13,17H,6-7,12,14H2,1-2H3,(H,22,25)(H,23,26). The first-order valence-electron chi connectivity index (χ1n) is 9.52. The molecule has 0 spiro atoms. The van der Waals surface area contributed by atoms with E-state index in [-0.39, 0.29) is 17.5 Å². The van der Waals surface area contributed by atoms with Crippen LogP contribution in [-0.2, 0) is 19.6 Å². The number of carbonyl (C=O) groups is 2. The number of nitrogens with zero attached hydrogens (tertiary/aromatic N) is 1. The molecule has 0 aliphatic carbocycles. The van der Waals surface area contributed by atoms with E-state index in [1.54, 1.807) is 36.4 Å². The van der Waals surface area contributed by atoms with Gasteiger partial charge in [-0.05, 0) is 50.5 Å². The molecule has 7 nitrogen and oxygen atoms in total. The normalized spacial score (nSPS) is 17.1. The van der Waals surface area contributed by atoms with E-state index in [0.717, 1.165) is 11.1 Å². The third-order valence-corrected chi connectivity index (χ3v) is 6.97. The number of carbonyl (C=O) groups excluding carboxylic acids is 2. The molecule has 1 aliphatic rings. The van der Waals surface area contributed by atoms with Gasteiger partial charge in [-0.1, -0.05) is 35.9 Å². The molecule has 2 N–H and O–H groups in total. The lowest BCUT2D eigenvalue weighted by atomic mass is 10.1. The number of aryl methyl sites for hydroxylation is 2. The lowest BCUT2D eigenvalue weighted by Crippen LogP contribution is -2.45. The molecule has 29 heavy (non-hydrogen) atoms. The molecule has 1 saturated heterocycles. The first kappa shape index (κ1) is 21.0. The molecule has 154 valence electrons. The summed E-state index contributed by atoms with van der Waals surface area (Å²) in [5.74, 6) is -1.55. The summed E-state index contributed by atoms with van der Waals surface area (Å²) in [7, 11) is -3.63. The van der Waals surface area contributed by atoms with E-state index >= 15 is 0 Å². The third kappa shape index (κ3) is 4.83. The van der Waals surface area contributed by atoms with Crippen LogP contribution in [0.25, 0.3) is 0 Å². The second-order valence-electron chi connectivity index (χ2n) is 7.21. The zero-order valence-corrected chi connectivity index (χ0v) is 17.3. The van der Waals surface area contributed by atoms with E-state index in [9.17, 15) is 18.0 Å². The van der Waals surface area contributed by atoms with E-state index in [1.807, 2.05) is 26.0 Å². The number of hydrogen-bond acceptors (Lipinski definition) is 4. The Hall–Kier alpha value is -2.71. The molecule has 1 fully saturated rings. The summed E-state index contributed by atoms with van der Waals surface area (Å²) in [4.78, 5) is 24.6. The number of nitrogens with one attached hydrogen (secondary N) is 2. The minimum atomic E-state index is -3.63. The summed E-state index contributed by atoms with van der Waals surface area (Å²) in [6.45, 7) is 4.28. The molecule has 0 aromatic heterocycles. The molecular formula is C21H25N3O4S. The van der Waals surface area contributed by atoms with E-state index in [4.69, 9.17) is 0 Å². The van der Waals surface area contributed by atoms with E-state index in [1.165, 1.54) is 4.31 Å². The molecule has 0 bridgehead atoms. The summed E-state index contributed by atoms with van der Waals surface area (Å²) in [5.41, 5.74) is 2.50. The predicted octanol–water partition coefficient (Wildman–Crippen LogP) is 2.21. The largest absolute Gasteiger partial charge is 0.346 e. The molecule has 8 heteroatoms. The molecule has 2 amide bonds. The monoisotopic (exact) mass is 415 g/mol. The van der Waals surface area contributed by atoms with E-state index in [2.05, 4.69) is 10.6 Å². The van der Waals surface area contributed by atoms with Crippen LogP contribution in [-0.4, -0.2) is 43.7 Å². The fourth-order valence-corrected chi connectivity index (χ4v) is 5.19. The fourth-order valence-electron chi connectivity index (χ4n) is 3.48. The van der Waals surface area contributed by atoms with Crippen LogP contribution in [0.15, 0.2) is 53.4 Å². The summed E-state index contributed by atoms with van der Waals surface area (Å²) >= 11 is 0. The van der Waals surface area contributed by atoms with Crippen molar-refractivity contribution in [2.45, 2.75) is 37.6 Å². The molecule has 1 unspecified atom stereocenters. The van der Waals surface area contributed by atoms with Crippen molar-refractivity contribution in [3.05, 3.63) is 59.7 Å². The van der Waals surface area contributed by atoms with Gasteiger partial charge in [-0.3, -0.25) is 9.59 Å². The first-order chi connectivity index (χ1) is 13.8. The molecule has 1 aliphatic heterocycles. The lowest BCUT2D eigenvalue weighted by molar-refractivity contribution is -0.136. The topological polar surface area (TPSA) is 95.6 Å². The van der Waals surface area contributed by atoms with Gasteiger partial charge in [-0.25, -0.2) is 8.42 Å². The quantitative estimate of drug-likeness (QED) is 0.732. The van der Waals surface area contributed by atoms with Crippen LogP contribution in [0.5, 0.6) is 0 Å². The van der Waals surface area contributed by atoms with Crippen molar-refractivity contribution in [3.8, 4) is 0 Å². The Bertz CT molecular complexity index is 1010. The van der Waals surface area contributed by atoms with Crippen molar-refractivity contribution >= 4 is 27.5 Å². The van der Waals surface area contributed by atoms with E-state index in [0.29, 0.717) is 25.1 Å². The van der Waals surface area contributed by atoms with Crippen LogP contribution in [0.3, 0.4) is 0 Å². The number of anilines is 1. The van der Waals surface area contributed by atoms with Crippen LogP contribution in [0, 0.1) is 13.8 Å². The Labute approximate surface area is 171 Å². The minimum Gasteiger partial charge on any atom is -0.346 e. The maximum absolute atomic E-state index is 12.9. The van der Waals surface area contributed by atoms with Crippen molar-refractivity contribution in [1.29, 1.82) is 0 Å². The van der Waals surface area contributed by atoms with Crippen LogP contribution in [0.1, 0.15) is 24.0 Å². The van der Waals surface area contributed by atoms with Crippen molar-refractivity contribution in [1.82, 2.24) is 9.62 Å². The van der Waals surface area contributed by atoms with Gasteiger partial charge in [0.05, 0.1) is 4.90 Å². The second-order valence-corrected chi connectivity index (χ2v) is 9.10. The molecule has 1 heterocycles. The van der Waals surface area contributed by atoms with Gasteiger partial charge in [0.2, 0.25) is 10.0 Å². The smallest absolute Gasteiger partial charge is 0.313 e. The van der Waals surface area contributed by atoms with Gasteiger partial charge in [0.1, 0.15) is 0 Å². The summed E-state index contributed by atoms with van der Waals surface area (Å²) in [6, 6.07) is 13.4. The lowest BCUT2D eigenvalue weighted by Gasteiger charge is -2.24. The van der Waals surface area contributed by atoms with Gasteiger partial charge in [0.25, 0.3) is 0 Å². The van der Waals surface area contributed by atoms with Crippen LogP contribution >= 0.6 is 0 Å². The molecule has 0 radical (unpaired) electrons. The maximum atomic E-state index is 12.9. The fraction of sp³-hybridized carbons (Fsp3) is 0.333. The van der Waals surface area contributed by atoms with Gasteiger partial charge >= 0.3 is 11.8 Å². The van der Waals surface area contributed by atoms with Gasteiger partial charge in [0, 0.05) is 24.8 Å². The summed E-state index contributed by atoms with van der Waals surface area (Å²) in [5, 5.41) is 5.17. The van der Waals surface area contributed by atoms with Gasteiger partial charge in [-0.2, -0.15) is 4.31 Å². The van der Waals surface area contributed by atoms with Crippen LogP contribution in [0.4, 0.5) is 5.69 Å². The van der Waals surface area contributed by atoms with E-state index < -0.39 is 21.8 Å². The minimum absolute atomic E-state index is 0.0885. The molecular weight excluding hydrogens is 390 g/mol. The zero-order valence-electron chi connectivity index (χ0n) is 16.5. The molecule has 2 aromatic carbocycles. The summed E-state index contributed by atoms with van der Waals surface area (Å²) < 4.78 is 27.1. The number of amides is 2. The molecule has 1 atom stereocenters. The van der Waals surface area contributed by atoms with Crippen molar-refractivity contribution < 1.29 is 18.0 Å². The Kier molecular flexibility index (Phi) is 6.34. The number of sulfonamides is 1. The Morgan fingerprint density at radius 1 is 1.07 bits per heavy atom. The number of rotatable bonds is 5. The molecule has 3 rings (SSSR count). The molecule has 2 aromatic rings. The average molecular weight is 416 g/mol. The van der Waals surface area contributed by atoms with Crippen molar-refractivity contribution in [3.63, 3.8) is 0 Å². The maximum Gasteiger partial charge on any atom is 0.313 e. The highest BCUT2D eigenvalue weighted by Crippen LogP contribution is 2.25. The Balaban J connectivity index is 1.61. The van der Waals surface area contributed by atoms with Crippen LogP contribution < -0.4 is 10.6 Å². The zero-order chi connectivity index (χ0) is 21.0. The Morgan fingerprint density at radius 3 is 2.48 bits per heavy atom. The van der Waals surface area contributed by atoms with Gasteiger partial charge in [-0.15, -0.1) is 0 Å². The first-order valence-corrected chi connectivity index (χ1v) is 11.0. The highest BCUT2D eigenvalue weighted by molar-refractivity contribution is 7.89. The van der Waals surface area contributed by atoms with Gasteiger partial charge < -0.3 is 10.6 Å². The highest BCUT2D eigenvalue weighted by Gasteiger charge is 2.35. The highest BCUT2D eigenvalue weighted by atomic mass is 32.2. The SMILES string of the molecule is Cc1ccc(NC(=O)C(=O)NCC2CCCN2S(=O)(=O)c2ccccc2)c(C)c1. The van der Waals surface area contributed by atoms with Gasteiger partial charge in [0.15, 0.2) is 0 Å². The molecule has 0 saturated carbocycles. The van der Waals surface area contributed by atoms with Crippen molar-refractivity contribution in [2.75, 3.05) is 18.4 Å². The summed E-state index contributed by atoms with van der Waals surface area (Å²) in [6.07, 6.45) is 1.34. The Morgan fingerprint density at radius 2 is 1.79 bits per heavy atom. The predicted molar refractivity (Wildman–Crippen MR) is 111 cm³/mol. The number of hydrogen-bond donors (Lipinski definition) is 2. The number of benzene rings is 2. The average Bonchev–Trinajstić information content (AvgIpc) is 3.18. The van der Waals surface area contributed by atoms with Crippen LogP contribution in [0.2, 0.25) is 0 Å².